The molecule has 162 valence electrons. The minimum atomic E-state index is -0.592. The summed E-state index contributed by atoms with van der Waals surface area (Å²) in [5.41, 5.74) is 1.16. The Morgan fingerprint density at radius 1 is 1.37 bits per heavy atom. The minimum absolute atomic E-state index is 0.0310. The highest BCUT2D eigenvalue weighted by Gasteiger charge is 2.28. The van der Waals surface area contributed by atoms with E-state index in [2.05, 4.69) is 10.4 Å². The van der Waals surface area contributed by atoms with Crippen LogP contribution in [0.1, 0.15) is 53.9 Å². The van der Waals surface area contributed by atoms with Gasteiger partial charge in [-0.2, -0.15) is 0 Å². The van der Waals surface area contributed by atoms with E-state index in [1.807, 2.05) is 0 Å². The Labute approximate surface area is 177 Å². The summed E-state index contributed by atoms with van der Waals surface area (Å²) in [5.74, 6) is -0.846. The van der Waals surface area contributed by atoms with Gasteiger partial charge in [-0.1, -0.05) is 0 Å². The number of ether oxygens (including phenoxy) is 2. The maximum atomic E-state index is 12.6. The quantitative estimate of drug-likeness (QED) is 0.382. The number of amides is 1. The first-order chi connectivity index (χ1) is 14.3. The van der Waals surface area contributed by atoms with E-state index in [-0.39, 0.29) is 36.5 Å². The van der Waals surface area contributed by atoms with Crippen molar-refractivity contribution < 1.29 is 24.0 Å². The Hall–Kier alpha value is -2.95. The van der Waals surface area contributed by atoms with Gasteiger partial charge in [0.15, 0.2) is 0 Å². The molecule has 2 aromatic heterocycles. The van der Waals surface area contributed by atoms with Gasteiger partial charge < -0.3 is 14.8 Å². The van der Waals surface area contributed by atoms with Gasteiger partial charge >= 0.3 is 17.5 Å². The third-order valence-electron chi connectivity index (χ3n) is 4.64. The molecule has 0 fully saturated rings. The van der Waals surface area contributed by atoms with E-state index in [1.54, 1.807) is 13.8 Å². The first-order valence-corrected chi connectivity index (χ1v) is 10.5. The molecule has 0 aromatic carbocycles. The van der Waals surface area contributed by atoms with E-state index in [0.717, 1.165) is 36.1 Å². The van der Waals surface area contributed by atoms with Crippen LogP contribution in [0.3, 0.4) is 0 Å². The molecule has 1 aliphatic rings. The van der Waals surface area contributed by atoms with Crippen molar-refractivity contribution in [3.8, 4) is 5.88 Å². The van der Waals surface area contributed by atoms with Gasteiger partial charge in [0, 0.05) is 11.3 Å². The van der Waals surface area contributed by atoms with Crippen LogP contribution in [0.2, 0.25) is 0 Å². The minimum Gasteiger partial charge on any atom is -0.475 e. The fourth-order valence-electron chi connectivity index (χ4n) is 3.33. The zero-order chi connectivity index (χ0) is 21.8. The number of thiophene rings is 1. The van der Waals surface area contributed by atoms with Crippen LogP contribution in [0, 0.1) is 10.1 Å². The second-order valence-electron chi connectivity index (χ2n) is 7.21. The zero-order valence-electron chi connectivity index (χ0n) is 17.1. The van der Waals surface area contributed by atoms with Crippen LogP contribution in [0.15, 0.2) is 6.20 Å². The molecular weight excluding hydrogens is 412 g/mol. The van der Waals surface area contributed by atoms with Crippen molar-refractivity contribution in [1.82, 2.24) is 9.78 Å². The molecule has 1 amide bonds. The van der Waals surface area contributed by atoms with E-state index < -0.39 is 10.9 Å². The Bertz CT molecular complexity index is 965. The lowest BCUT2D eigenvalue weighted by atomic mass is 9.95. The molecule has 0 saturated heterocycles. The molecule has 0 saturated carbocycles. The first kappa shape index (κ1) is 21.8. The molecule has 1 aliphatic carbocycles. The molecule has 0 spiro atoms. The molecule has 0 bridgehead atoms. The van der Waals surface area contributed by atoms with Gasteiger partial charge in [0.05, 0.1) is 30.2 Å². The molecule has 0 radical (unpaired) electrons. The molecule has 11 heteroatoms. The lowest BCUT2D eigenvalue weighted by Gasteiger charge is -2.14. The van der Waals surface area contributed by atoms with Crippen LogP contribution >= 0.6 is 11.3 Å². The van der Waals surface area contributed by atoms with Crippen molar-refractivity contribution in [2.75, 3.05) is 12.4 Å². The summed E-state index contributed by atoms with van der Waals surface area (Å²) in [5, 5.41) is 18.3. The summed E-state index contributed by atoms with van der Waals surface area (Å²) in [6.45, 7) is 3.70. The smallest absolute Gasteiger partial charge is 0.350 e. The lowest BCUT2D eigenvalue weighted by molar-refractivity contribution is -0.385. The molecule has 3 rings (SSSR count). The number of rotatable bonds is 8. The van der Waals surface area contributed by atoms with Crippen molar-refractivity contribution in [3.63, 3.8) is 0 Å². The first-order valence-electron chi connectivity index (χ1n) is 9.71. The van der Waals surface area contributed by atoms with Crippen LogP contribution in [0.4, 0.5) is 10.7 Å². The number of hydrogen-bond acceptors (Lipinski definition) is 8. The maximum absolute atomic E-state index is 12.6. The van der Waals surface area contributed by atoms with Gasteiger partial charge in [0.2, 0.25) is 5.91 Å². The highest BCUT2D eigenvalue weighted by atomic mass is 32.1. The van der Waals surface area contributed by atoms with Crippen LogP contribution in [-0.4, -0.2) is 39.8 Å². The number of anilines is 1. The highest BCUT2D eigenvalue weighted by Crippen LogP contribution is 2.38. The fourth-order valence-corrected chi connectivity index (χ4v) is 4.62. The number of nitrogens with one attached hydrogen (secondary N) is 1. The summed E-state index contributed by atoms with van der Waals surface area (Å²) < 4.78 is 11.6. The van der Waals surface area contributed by atoms with E-state index in [9.17, 15) is 19.7 Å². The average Bonchev–Trinajstić information content (AvgIpc) is 3.26. The van der Waals surface area contributed by atoms with Crippen LogP contribution in [0.25, 0.3) is 0 Å². The number of aryl methyl sites for hydroxylation is 2. The number of aromatic nitrogens is 2. The molecule has 0 aliphatic heterocycles. The van der Waals surface area contributed by atoms with Crippen molar-refractivity contribution in [2.24, 2.45) is 0 Å². The van der Waals surface area contributed by atoms with E-state index in [4.69, 9.17) is 9.47 Å². The Balaban J connectivity index is 1.73. The van der Waals surface area contributed by atoms with Crippen molar-refractivity contribution in [3.05, 3.63) is 32.3 Å². The van der Waals surface area contributed by atoms with Gasteiger partial charge in [-0.15, -0.1) is 16.4 Å². The van der Waals surface area contributed by atoms with Crippen LogP contribution in [-0.2, 0) is 28.9 Å². The Morgan fingerprint density at radius 3 is 2.73 bits per heavy atom. The molecule has 1 N–H and O–H groups in total. The summed E-state index contributed by atoms with van der Waals surface area (Å²) in [7, 11) is 1.29. The molecule has 0 atom stereocenters. The third-order valence-corrected chi connectivity index (χ3v) is 5.85. The molecule has 2 aromatic rings. The van der Waals surface area contributed by atoms with Gasteiger partial charge in [-0.05, 0) is 45.1 Å². The standard InChI is InChI=1S/C19H24N4O6S/c1-11(2)29-19(25)16-12-6-4-5-7-14(12)30-18(16)20-15(24)8-9-22-10-13(23(26)27)17(21-22)28-3/h10-11H,4-9H2,1-3H3,(H,20,24). The predicted octanol–water partition coefficient (Wildman–Crippen LogP) is 3.33. The summed E-state index contributed by atoms with van der Waals surface area (Å²) in [4.78, 5) is 36.7. The topological polar surface area (TPSA) is 126 Å². The maximum Gasteiger partial charge on any atom is 0.350 e. The molecule has 2 heterocycles. The van der Waals surface area contributed by atoms with E-state index in [1.165, 1.54) is 29.3 Å². The molecular formula is C19H24N4O6S. The second kappa shape index (κ2) is 9.24. The second-order valence-corrected chi connectivity index (χ2v) is 8.32. The number of methoxy groups -OCH3 is 1. The van der Waals surface area contributed by atoms with Crippen molar-refractivity contribution in [2.45, 2.75) is 58.6 Å². The number of nitro groups is 1. The third kappa shape index (κ3) is 4.78. The van der Waals surface area contributed by atoms with Gasteiger partial charge in [-0.3, -0.25) is 19.6 Å². The number of hydrogen-bond donors (Lipinski definition) is 1. The van der Waals surface area contributed by atoms with E-state index >= 15 is 0 Å². The van der Waals surface area contributed by atoms with Crippen molar-refractivity contribution >= 4 is 33.9 Å². The highest BCUT2D eigenvalue weighted by molar-refractivity contribution is 7.17. The van der Waals surface area contributed by atoms with Gasteiger partial charge in [0.1, 0.15) is 11.2 Å². The summed E-state index contributed by atoms with van der Waals surface area (Å²) >= 11 is 1.42. The zero-order valence-corrected chi connectivity index (χ0v) is 17.9. The summed E-state index contributed by atoms with van der Waals surface area (Å²) in [6, 6.07) is 0. The number of carbonyl (C=O) groups is 2. The Kier molecular flexibility index (Phi) is 6.70. The van der Waals surface area contributed by atoms with E-state index in [0.29, 0.717) is 10.6 Å². The van der Waals surface area contributed by atoms with Crippen LogP contribution in [0.5, 0.6) is 5.88 Å². The number of esters is 1. The van der Waals surface area contributed by atoms with Gasteiger partial charge in [-0.25, -0.2) is 4.79 Å². The fraction of sp³-hybridized carbons (Fsp3) is 0.526. The molecule has 10 nitrogen and oxygen atoms in total. The largest absolute Gasteiger partial charge is 0.475 e. The monoisotopic (exact) mass is 436 g/mol. The normalized spacial score (nSPS) is 13.1. The number of fused-ring (bicyclic) bond motifs is 1. The SMILES string of the molecule is COc1nn(CCC(=O)Nc2sc3c(c2C(=O)OC(C)C)CCCC3)cc1[N+](=O)[O-]. The molecule has 30 heavy (non-hydrogen) atoms. The summed E-state index contributed by atoms with van der Waals surface area (Å²) in [6.07, 6.45) is 4.73. The lowest BCUT2D eigenvalue weighted by Crippen LogP contribution is -2.18. The van der Waals surface area contributed by atoms with Crippen molar-refractivity contribution in [1.29, 1.82) is 0 Å². The average molecular weight is 436 g/mol. The number of nitrogens with zero attached hydrogens (tertiary/aromatic N) is 3. The predicted molar refractivity (Wildman–Crippen MR) is 110 cm³/mol. The molecule has 0 unspecified atom stereocenters. The van der Waals surface area contributed by atoms with Gasteiger partial charge in [0.25, 0.3) is 0 Å². The number of carbonyl (C=O) groups excluding carboxylic acids is 2. The Morgan fingerprint density at radius 2 is 2.10 bits per heavy atom. The van der Waals surface area contributed by atoms with Crippen LogP contribution < -0.4 is 10.1 Å².